The lowest BCUT2D eigenvalue weighted by Gasteiger charge is -2.19. The van der Waals surface area contributed by atoms with Crippen LogP contribution in [0.15, 0.2) is 36.4 Å². The number of carbonyl (C=O) groups excluding carboxylic acids is 1. The van der Waals surface area contributed by atoms with Crippen LogP contribution in [0.5, 0.6) is 5.75 Å². The fourth-order valence-electron chi connectivity index (χ4n) is 2.70. The van der Waals surface area contributed by atoms with Crippen molar-refractivity contribution in [1.29, 1.82) is 0 Å². The van der Waals surface area contributed by atoms with E-state index >= 15 is 0 Å². The lowest BCUT2D eigenvalue weighted by atomic mass is 9.99. The first-order valence-electron chi connectivity index (χ1n) is 7.99. The van der Waals surface area contributed by atoms with Gasteiger partial charge in [0, 0.05) is 5.56 Å². The summed E-state index contributed by atoms with van der Waals surface area (Å²) in [7, 11) is 1.65. The number of carbonyl (C=O) groups is 1. The van der Waals surface area contributed by atoms with E-state index in [-0.39, 0.29) is 11.9 Å². The summed E-state index contributed by atoms with van der Waals surface area (Å²) in [6, 6.07) is 11.9. The van der Waals surface area contributed by atoms with Crippen LogP contribution < -0.4 is 10.1 Å². The fourth-order valence-corrected chi connectivity index (χ4v) is 2.70. The Hall–Kier alpha value is -2.29. The van der Waals surface area contributed by atoms with Crippen LogP contribution in [0.25, 0.3) is 0 Å². The van der Waals surface area contributed by atoms with E-state index in [0.29, 0.717) is 0 Å². The zero-order chi connectivity index (χ0) is 17.0. The normalized spacial score (nSPS) is 11.9. The van der Waals surface area contributed by atoms with Crippen LogP contribution in [0, 0.1) is 20.8 Å². The van der Waals surface area contributed by atoms with Gasteiger partial charge in [0.25, 0.3) is 5.91 Å². The van der Waals surface area contributed by atoms with Gasteiger partial charge in [0.1, 0.15) is 5.75 Å². The summed E-state index contributed by atoms with van der Waals surface area (Å²) in [4.78, 5) is 12.7. The zero-order valence-corrected chi connectivity index (χ0v) is 14.6. The van der Waals surface area contributed by atoms with Crippen molar-refractivity contribution in [2.24, 2.45) is 0 Å². The van der Waals surface area contributed by atoms with Gasteiger partial charge in [-0.3, -0.25) is 4.79 Å². The summed E-state index contributed by atoms with van der Waals surface area (Å²) in [6.45, 7) is 8.15. The van der Waals surface area contributed by atoms with Gasteiger partial charge in [-0.15, -0.1) is 0 Å². The van der Waals surface area contributed by atoms with Gasteiger partial charge in [-0.05, 0) is 67.6 Å². The molecule has 0 saturated carbocycles. The second kappa shape index (κ2) is 7.32. The van der Waals surface area contributed by atoms with E-state index in [4.69, 9.17) is 4.74 Å². The molecule has 0 aromatic heterocycles. The molecule has 1 N–H and O–H groups in total. The lowest BCUT2D eigenvalue weighted by Crippen LogP contribution is -2.28. The molecule has 0 radical (unpaired) electrons. The van der Waals surface area contributed by atoms with E-state index in [1.807, 2.05) is 44.2 Å². The Morgan fingerprint density at radius 2 is 1.65 bits per heavy atom. The molecule has 23 heavy (non-hydrogen) atoms. The largest absolute Gasteiger partial charge is 0.497 e. The number of benzene rings is 2. The minimum atomic E-state index is -0.0201. The van der Waals surface area contributed by atoms with Gasteiger partial charge in [0.05, 0.1) is 13.2 Å². The first-order chi connectivity index (χ1) is 11.0. The van der Waals surface area contributed by atoms with Gasteiger partial charge in [-0.1, -0.05) is 25.1 Å². The fraction of sp³-hybridized carbons (Fsp3) is 0.350. The van der Waals surface area contributed by atoms with Crippen LogP contribution in [0.1, 0.15) is 52.0 Å². The molecule has 3 nitrogen and oxygen atoms in total. The Morgan fingerprint density at radius 3 is 2.22 bits per heavy atom. The summed E-state index contributed by atoms with van der Waals surface area (Å²) in [6.07, 6.45) is 0.835. The highest BCUT2D eigenvalue weighted by Gasteiger charge is 2.16. The molecular weight excluding hydrogens is 286 g/mol. The molecule has 1 amide bonds. The highest BCUT2D eigenvalue weighted by atomic mass is 16.5. The molecule has 0 bridgehead atoms. The van der Waals surface area contributed by atoms with Crippen LogP contribution in [0.3, 0.4) is 0 Å². The average Bonchev–Trinajstić information content (AvgIpc) is 2.56. The smallest absolute Gasteiger partial charge is 0.252 e. The van der Waals surface area contributed by atoms with Gasteiger partial charge in [0.15, 0.2) is 0 Å². The van der Waals surface area contributed by atoms with E-state index in [2.05, 4.69) is 25.2 Å². The number of methoxy groups -OCH3 is 1. The van der Waals surface area contributed by atoms with Crippen LogP contribution in [-0.2, 0) is 0 Å². The molecule has 0 aliphatic rings. The molecule has 0 aliphatic heterocycles. The molecule has 0 heterocycles. The summed E-state index contributed by atoms with van der Waals surface area (Å²) in [5, 5.41) is 3.14. The van der Waals surface area contributed by atoms with Gasteiger partial charge in [-0.2, -0.15) is 0 Å². The SMILES string of the molecule is CC[C@@H](NC(=O)c1cc(C)c(C)cc1C)c1ccc(OC)cc1. The molecule has 0 aliphatic carbocycles. The monoisotopic (exact) mass is 311 g/mol. The number of aryl methyl sites for hydroxylation is 3. The van der Waals surface area contributed by atoms with Crippen molar-refractivity contribution < 1.29 is 9.53 Å². The van der Waals surface area contributed by atoms with Crippen molar-refractivity contribution >= 4 is 5.91 Å². The van der Waals surface area contributed by atoms with E-state index in [9.17, 15) is 4.79 Å². The molecule has 2 aromatic carbocycles. The summed E-state index contributed by atoms with van der Waals surface area (Å²) in [5.41, 5.74) is 5.19. The predicted octanol–water partition coefficient (Wildman–Crippen LogP) is 4.50. The van der Waals surface area contributed by atoms with E-state index in [0.717, 1.165) is 34.4 Å². The topological polar surface area (TPSA) is 38.3 Å². The molecule has 2 aromatic rings. The number of rotatable bonds is 5. The van der Waals surface area contributed by atoms with Gasteiger partial charge in [-0.25, -0.2) is 0 Å². The Morgan fingerprint density at radius 1 is 1.04 bits per heavy atom. The molecule has 0 unspecified atom stereocenters. The predicted molar refractivity (Wildman–Crippen MR) is 94.1 cm³/mol. The number of hydrogen-bond donors (Lipinski definition) is 1. The molecule has 0 fully saturated rings. The Balaban J connectivity index is 2.21. The molecule has 3 heteroatoms. The first-order valence-corrected chi connectivity index (χ1v) is 7.99. The molecule has 2 rings (SSSR count). The van der Waals surface area contributed by atoms with Crippen molar-refractivity contribution in [3.05, 3.63) is 64.2 Å². The van der Waals surface area contributed by atoms with E-state index in [1.54, 1.807) is 7.11 Å². The van der Waals surface area contributed by atoms with Crippen molar-refractivity contribution in [2.75, 3.05) is 7.11 Å². The highest BCUT2D eigenvalue weighted by molar-refractivity contribution is 5.96. The van der Waals surface area contributed by atoms with Gasteiger partial charge >= 0.3 is 0 Å². The number of ether oxygens (including phenoxy) is 1. The van der Waals surface area contributed by atoms with Crippen LogP contribution in [0.2, 0.25) is 0 Å². The maximum Gasteiger partial charge on any atom is 0.252 e. The molecular formula is C20H25NO2. The zero-order valence-electron chi connectivity index (χ0n) is 14.6. The third kappa shape index (κ3) is 3.92. The van der Waals surface area contributed by atoms with Crippen molar-refractivity contribution in [2.45, 2.75) is 40.2 Å². The number of amides is 1. The minimum absolute atomic E-state index is 0.00517. The Bertz CT molecular complexity index is 690. The van der Waals surface area contributed by atoms with Crippen molar-refractivity contribution in [1.82, 2.24) is 5.32 Å². The highest BCUT2D eigenvalue weighted by Crippen LogP contribution is 2.22. The van der Waals surface area contributed by atoms with Crippen LogP contribution in [0.4, 0.5) is 0 Å². The quantitative estimate of drug-likeness (QED) is 0.883. The molecule has 1 atom stereocenters. The summed E-state index contributed by atoms with van der Waals surface area (Å²) >= 11 is 0. The maximum absolute atomic E-state index is 12.7. The molecule has 122 valence electrons. The number of hydrogen-bond acceptors (Lipinski definition) is 2. The number of nitrogens with one attached hydrogen (secondary N) is 1. The van der Waals surface area contributed by atoms with Gasteiger partial charge in [0.2, 0.25) is 0 Å². The van der Waals surface area contributed by atoms with Crippen molar-refractivity contribution in [3.63, 3.8) is 0 Å². The second-order valence-corrected chi connectivity index (χ2v) is 5.96. The van der Waals surface area contributed by atoms with Crippen LogP contribution >= 0.6 is 0 Å². The average molecular weight is 311 g/mol. The lowest BCUT2D eigenvalue weighted by molar-refractivity contribution is 0.0935. The maximum atomic E-state index is 12.7. The van der Waals surface area contributed by atoms with Gasteiger partial charge < -0.3 is 10.1 Å². The minimum Gasteiger partial charge on any atom is -0.497 e. The van der Waals surface area contributed by atoms with E-state index < -0.39 is 0 Å². The first kappa shape index (κ1) is 17.1. The van der Waals surface area contributed by atoms with Crippen LogP contribution in [-0.4, -0.2) is 13.0 Å². The van der Waals surface area contributed by atoms with E-state index in [1.165, 1.54) is 5.56 Å². The second-order valence-electron chi connectivity index (χ2n) is 5.96. The third-order valence-corrected chi connectivity index (χ3v) is 4.32. The Kier molecular flexibility index (Phi) is 5.43. The Labute approximate surface area is 138 Å². The molecule has 0 saturated heterocycles. The summed E-state index contributed by atoms with van der Waals surface area (Å²) < 4.78 is 5.19. The van der Waals surface area contributed by atoms with Crippen molar-refractivity contribution in [3.8, 4) is 5.75 Å². The molecule has 0 spiro atoms. The standard InChI is InChI=1S/C20H25NO2/c1-6-19(16-7-9-17(23-5)10-8-16)21-20(22)18-12-14(3)13(2)11-15(18)4/h7-12,19H,6H2,1-5H3,(H,21,22)/t19-/m1/s1. The third-order valence-electron chi connectivity index (χ3n) is 4.32. The summed E-state index contributed by atoms with van der Waals surface area (Å²) in [5.74, 6) is 0.799.